The van der Waals surface area contributed by atoms with Crippen LogP contribution in [0, 0.1) is 0 Å². The third-order valence-corrected chi connectivity index (χ3v) is 2.26. The average molecular weight is 199 g/mol. The van der Waals surface area contributed by atoms with E-state index in [4.69, 9.17) is 4.55 Å². The van der Waals surface area contributed by atoms with Gasteiger partial charge < -0.3 is 0 Å². The maximum Gasteiger partial charge on any atom is 0.312 e. The van der Waals surface area contributed by atoms with Crippen LogP contribution >= 0.6 is 0 Å². The molecule has 68 valence electrons. The molecule has 2 aromatic rings. The third kappa shape index (κ3) is 1.38. The molecule has 0 aliphatic carbocycles. The normalized spacial score (nSPS) is 12.1. The van der Waals surface area contributed by atoms with Crippen LogP contribution in [0.2, 0.25) is 0 Å². The lowest BCUT2D eigenvalue weighted by atomic mass is 10.7. The van der Waals surface area contributed by atoms with Gasteiger partial charge in [0.05, 0.1) is 0 Å². The van der Waals surface area contributed by atoms with Crippen LogP contribution in [0.5, 0.6) is 0 Å². The standard InChI is InChI=1S/C6H5N3O3S/c10-13(11,12)5-1-3-9-4-2-7-6(9)8-5/h1-4H,(H,10,11,12). The van der Waals surface area contributed by atoms with Gasteiger partial charge in [-0.2, -0.15) is 13.4 Å². The largest absolute Gasteiger partial charge is 0.312 e. The number of imidazole rings is 1. The Balaban J connectivity index is 2.75. The van der Waals surface area contributed by atoms with Crippen molar-refractivity contribution in [1.29, 1.82) is 0 Å². The zero-order chi connectivity index (χ0) is 9.47. The van der Waals surface area contributed by atoms with Crippen LogP contribution < -0.4 is 0 Å². The number of fused-ring (bicyclic) bond motifs is 1. The van der Waals surface area contributed by atoms with Crippen molar-refractivity contribution in [2.75, 3.05) is 0 Å². The Hall–Kier alpha value is -1.47. The topological polar surface area (TPSA) is 84.6 Å². The quantitative estimate of drug-likeness (QED) is 0.515. The molecule has 0 saturated carbocycles. The Labute approximate surface area is 73.6 Å². The van der Waals surface area contributed by atoms with E-state index in [0.29, 0.717) is 0 Å². The van der Waals surface area contributed by atoms with Gasteiger partial charge in [-0.1, -0.05) is 0 Å². The van der Waals surface area contributed by atoms with Crippen LogP contribution in [0.1, 0.15) is 0 Å². The molecule has 0 radical (unpaired) electrons. The number of nitrogens with zero attached hydrogens (tertiary/aromatic N) is 3. The molecule has 0 unspecified atom stereocenters. The lowest BCUT2D eigenvalue weighted by Crippen LogP contribution is -2.02. The fourth-order valence-corrected chi connectivity index (χ4v) is 1.36. The molecule has 0 bridgehead atoms. The molecule has 2 aromatic heterocycles. The maximum absolute atomic E-state index is 10.7. The lowest BCUT2D eigenvalue weighted by Gasteiger charge is -1.95. The SMILES string of the molecule is O=S(=O)(O)c1ccn2ccnc2n1. The van der Waals surface area contributed by atoms with E-state index in [0.717, 1.165) is 0 Å². The molecule has 2 rings (SSSR count). The minimum absolute atomic E-state index is 0.232. The van der Waals surface area contributed by atoms with Crippen molar-refractivity contribution < 1.29 is 13.0 Å². The van der Waals surface area contributed by atoms with Crippen molar-refractivity contribution in [3.63, 3.8) is 0 Å². The first-order valence-electron chi connectivity index (χ1n) is 3.34. The van der Waals surface area contributed by atoms with Crippen LogP contribution in [0.15, 0.2) is 29.7 Å². The van der Waals surface area contributed by atoms with Crippen molar-refractivity contribution in [3.8, 4) is 0 Å². The molecule has 0 amide bonds. The Bertz CT molecular complexity index is 545. The van der Waals surface area contributed by atoms with Gasteiger partial charge >= 0.3 is 10.1 Å². The molecule has 13 heavy (non-hydrogen) atoms. The van der Waals surface area contributed by atoms with E-state index in [-0.39, 0.29) is 5.78 Å². The molecule has 1 N–H and O–H groups in total. The van der Waals surface area contributed by atoms with E-state index >= 15 is 0 Å². The van der Waals surface area contributed by atoms with Gasteiger partial charge in [-0.05, 0) is 6.07 Å². The van der Waals surface area contributed by atoms with Crippen LogP contribution in [-0.2, 0) is 10.1 Å². The minimum atomic E-state index is -4.24. The number of rotatable bonds is 1. The summed E-state index contributed by atoms with van der Waals surface area (Å²) in [5, 5.41) is -0.397. The Morgan fingerprint density at radius 1 is 1.38 bits per heavy atom. The minimum Gasteiger partial charge on any atom is -0.291 e. The predicted molar refractivity (Wildman–Crippen MR) is 42.8 cm³/mol. The van der Waals surface area contributed by atoms with E-state index < -0.39 is 15.1 Å². The highest BCUT2D eigenvalue weighted by molar-refractivity contribution is 7.85. The first-order valence-corrected chi connectivity index (χ1v) is 4.78. The number of aromatic nitrogens is 3. The third-order valence-electron chi connectivity index (χ3n) is 1.50. The Kier molecular flexibility index (Phi) is 1.57. The summed E-state index contributed by atoms with van der Waals surface area (Å²) in [6.07, 6.45) is 4.56. The molecular formula is C6H5N3O3S. The molecule has 6 nitrogen and oxygen atoms in total. The Morgan fingerprint density at radius 2 is 2.15 bits per heavy atom. The van der Waals surface area contributed by atoms with E-state index in [1.54, 1.807) is 6.20 Å². The monoisotopic (exact) mass is 199 g/mol. The summed E-state index contributed by atoms with van der Waals surface area (Å²) in [5.41, 5.74) is 0. The second-order valence-electron chi connectivity index (χ2n) is 2.38. The highest BCUT2D eigenvalue weighted by Crippen LogP contribution is 2.05. The van der Waals surface area contributed by atoms with E-state index in [9.17, 15) is 8.42 Å². The van der Waals surface area contributed by atoms with E-state index in [1.165, 1.54) is 22.9 Å². The smallest absolute Gasteiger partial charge is 0.291 e. The fourth-order valence-electron chi connectivity index (χ4n) is 0.932. The van der Waals surface area contributed by atoms with Crippen molar-refractivity contribution >= 4 is 15.9 Å². The molecule has 0 aromatic carbocycles. The second kappa shape index (κ2) is 2.51. The van der Waals surface area contributed by atoms with Gasteiger partial charge in [0.1, 0.15) is 0 Å². The summed E-state index contributed by atoms with van der Waals surface area (Å²) < 4.78 is 31.5. The second-order valence-corrected chi connectivity index (χ2v) is 3.74. The molecule has 0 spiro atoms. The van der Waals surface area contributed by atoms with Gasteiger partial charge in [0.15, 0.2) is 5.03 Å². The van der Waals surface area contributed by atoms with Gasteiger partial charge in [-0.3, -0.25) is 8.95 Å². The van der Waals surface area contributed by atoms with Gasteiger partial charge in [0, 0.05) is 18.6 Å². The molecular weight excluding hydrogens is 194 g/mol. The number of hydrogen-bond donors (Lipinski definition) is 1. The van der Waals surface area contributed by atoms with Crippen LogP contribution in [0.3, 0.4) is 0 Å². The summed E-state index contributed by atoms with van der Waals surface area (Å²) >= 11 is 0. The van der Waals surface area contributed by atoms with Gasteiger partial charge in [0.2, 0.25) is 5.78 Å². The summed E-state index contributed by atoms with van der Waals surface area (Å²) in [5.74, 6) is 0.232. The lowest BCUT2D eigenvalue weighted by molar-refractivity contribution is 0.479. The zero-order valence-electron chi connectivity index (χ0n) is 6.32. The van der Waals surface area contributed by atoms with Crippen LogP contribution in [0.4, 0.5) is 0 Å². The van der Waals surface area contributed by atoms with Crippen LogP contribution in [0.25, 0.3) is 5.78 Å². The first-order chi connectivity index (χ1) is 6.07. The summed E-state index contributed by atoms with van der Waals surface area (Å²) in [7, 11) is -4.24. The molecule has 0 fully saturated rings. The summed E-state index contributed by atoms with van der Waals surface area (Å²) in [6, 6.07) is 1.20. The first kappa shape index (κ1) is 8.14. The molecule has 2 heterocycles. The van der Waals surface area contributed by atoms with Crippen molar-refractivity contribution in [2.24, 2.45) is 0 Å². The highest BCUT2D eigenvalue weighted by Gasteiger charge is 2.11. The van der Waals surface area contributed by atoms with Gasteiger partial charge in [-0.25, -0.2) is 4.98 Å². The predicted octanol–water partition coefficient (Wildman–Crippen LogP) is -0.0240. The molecule has 7 heteroatoms. The zero-order valence-corrected chi connectivity index (χ0v) is 7.14. The van der Waals surface area contributed by atoms with Crippen molar-refractivity contribution in [3.05, 3.63) is 24.7 Å². The summed E-state index contributed by atoms with van der Waals surface area (Å²) in [6.45, 7) is 0. The molecule has 0 aliphatic heterocycles. The molecule has 0 aliphatic rings. The van der Waals surface area contributed by atoms with E-state index in [1.807, 2.05) is 0 Å². The Morgan fingerprint density at radius 3 is 2.85 bits per heavy atom. The number of hydrogen-bond acceptors (Lipinski definition) is 4. The highest BCUT2D eigenvalue weighted by atomic mass is 32.2. The molecule has 0 atom stereocenters. The van der Waals surface area contributed by atoms with Crippen molar-refractivity contribution in [1.82, 2.24) is 14.4 Å². The van der Waals surface area contributed by atoms with Crippen molar-refractivity contribution in [2.45, 2.75) is 5.03 Å². The summed E-state index contributed by atoms with van der Waals surface area (Å²) in [4.78, 5) is 7.39. The van der Waals surface area contributed by atoms with Gasteiger partial charge in [0.25, 0.3) is 0 Å². The van der Waals surface area contributed by atoms with E-state index in [2.05, 4.69) is 9.97 Å². The average Bonchev–Trinajstić information content (AvgIpc) is 2.47. The molecule has 0 saturated heterocycles. The van der Waals surface area contributed by atoms with Crippen LogP contribution in [-0.4, -0.2) is 27.3 Å². The van der Waals surface area contributed by atoms with Gasteiger partial charge in [-0.15, -0.1) is 0 Å². The maximum atomic E-state index is 10.7. The fraction of sp³-hybridized carbons (Fsp3) is 0.